The zero-order chi connectivity index (χ0) is 14.9. The lowest BCUT2D eigenvalue weighted by molar-refractivity contribution is 0.211. The van der Waals surface area contributed by atoms with Crippen LogP contribution in [0, 0.1) is 5.92 Å². The van der Waals surface area contributed by atoms with Crippen molar-refractivity contribution >= 4 is 0 Å². The molecule has 0 saturated carbocycles. The van der Waals surface area contributed by atoms with Crippen molar-refractivity contribution in [3.8, 4) is 5.75 Å². The summed E-state index contributed by atoms with van der Waals surface area (Å²) in [6.07, 6.45) is 5.08. The van der Waals surface area contributed by atoms with E-state index in [9.17, 15) is 0 Å². The van der Waals surface area contributed by atoms with Crippen LogP contribution in [0.5, 0.6) is 5.75 Å². The normalized spacial score (nSPS) is 17.0. The number of benzene rings is 1. The summed E-state index contributed by atoms with van der Waals surface area (Å²) >= 11 is 0. The van der Waals surface area contributed by atoms with Crippen LogP contribution in [0.2, 0.25) is 0 Å². The molecule has 0 radical (unpaired) electrons. The van der Waals surface area contributed by atoms with Crippen LogP contribution >= 0.6 is 0 Å². The van der Waals surface area contributed by atoms with E-state index in [1.165, 1.54) is 37.9 Å². The third kappa shape index (κ3) is 6.06. The van der Waals surface area contributed by atoms with Crippen molar-refractivity contribution in [1.29, 1.82) is 0 Å². The number of rotatable bonds is 8. The van der Waals surface area contributed by atoms with Crippen molar-refractivity contribution in [3.05, 3.63) is 29.8 Å². The number of nitrogens with zero attached hydrogens (tertiary/aromatic N) is 1. The van der Waals surface area contributed by atoms with Crippen LogP contribution in [0.3, 0.4) is 0 Å². The highest BCUT2D eigenvalue weighted by molar-refractivity contribution is 5.28. The van der Waals surface area contributed by atoms with Crippen molar-refractivity contribution in [2.24, 2.45) is 5.92 Å². The van der Waals surface area contributed by atoms with Crippen molar-refractivity contribution in [2.75, 3.05) is 33.3 Å². The smallest absolute Gasteiger partial charge is 0.119 e. The Hall–Kier alpha value is -1.06. The summed E-state index contributed by atoms with van der Waals surface area (Å²) in [5.41, 5.74) is 1.31. The minimum atomic E-state index is 0.799. The van der Waals surface area contributed by atoms with Gasteiger partial charge in [0.25, 0.3) is 0 Å². The minimum Gasteiger partial charge on any atom is -0.494 e. The van der Waals surface area contributed by atoms with Crippen LogP contribution in [0.15, 0.2) is 24.3 Å². The van der Waals surface area contributed by atoms with Gasteiger partial charge in [-0.25, -0.2) is 0 Å². The van der Waals surface area contributed by atoms with Gasteiger partial charge in [0, 0.05) is 6.54 Å². The molecule has 1 saturated heterocycles. The lowest BCUT2D eigenvalue weighted by atomic mass is 9.94. The van der Waals surface area contributed by atoms with E-state index in [4.69, 9.17) is 4.74 Å². The van der Waals surface area contributed by atoms with Crippen LogP contribution in [0.4, 0.5) is 0 Å². The molecule has 0 spiro atoms. The molecule has 1 aliphatic rings. The number of hydrogen-bond acceptors (Lipinski definition) is 3. The molecule has 0 atom stereocenters. The molecule has 1 aromatic carbocycles. The van der Waals surface area contributed by atoms with Gasteiger partial charge in [-0.05, 0) is 76.0 Å². The first-order chi connectivity index (χ1) is 10.3. The predicted molar refractivity (Wildman–Crippen MR) is 88.8 cm³/mol. The first kappa shape index (κ1) is 16.3. The Morgan fingerprint density at radius 3 is 2.86 bits per heavy atom. The van der Waals surface area contributed by atoms with E-state index in [1.54, 1.807) is 0 Å². The standard InChI is InChI=1S/C18H30N2O/c1-3-13-21-18-6-4-5-17(14-18)15-19-10-7-16-8-11-20(2)12-9-16/h4-6,14,16,19H,3,7-13,15H2,1-2H3. The van der Waals surface area contributed by atoms with Crippen LogP contribution in [0.25, 0.3) is 0 Å². The average molecular weight is 290 g/mol. The Labute approximate surface area is 129 Å². The highest BCUT2D eigenvalue weighted by atomic mass is 16.5. The molecule has 0 bridgehead atoms. The van der Waals surface area contributed by atoms with Crippen LogP contribution in [-0.4, -0.2) is 38.2 Å². The van der Waals surface area contributed by atoms with Crippen molar-refractivity contribution < 1.29 is 4.74 Å². The van der Waals surface area contributed by atoms with Crippen LogP contribution in [-0.2, 0) is 6.54 Å². The molecule has 1 N–H and O–H groups in total. The molecular weight excluding hydrogens is 260 g/mol. The Kier molecular flexibility index (Phi) is 7.04. The molecule has 118 valence electrons. The summed E-state index contributed by atoms with van der Waals surface area (Å²) in [4.78, 5) is 2.44. The van der Waals surface area contributed by atoms with E-state index < -0.39 is 0 Å². The highest BCUT2D eigenvalue weighted by Crippen LogP contribution is 2.19. The van der Waals surface area contributed by atoms with Crippen molar-refractivity contribution in [3.63, 3.8) is 0 Å². The van der Waals surface area contributed by atoms with E-state index in [0.29, 0.717) is 0 Å². The van der Waals surface area contributed by atoms with E-state index >= 15 is 0 Å². The summed E-state index contributed by atoms with van der Waals surface area (Å²) in [5.74, 6) is 1.90. The van der Waals surface area contributed by atoms with Gasteiger partial charge >= 0.3 is 0 Å². The molecule has 21 heavy (non-hydrogen) atoms. The largest absolute Gasteiger partial charge is 0.494 e. The van der Waals surface area contributed by atoms with Gasteiger partial charge in [-0.3, -0.25) is 0 Å². The van der Waals surface area contributed by atoms with Gasteiger partial charge in [0.2, 0.25) is 0 Å². The first-order valence-electron chi connectivity index (χ1n) is 8.39. The van der Waals surface area contributed by atoms with E-state index in [0.717, 1.165) is 37.8 Å². The maximum Gasteiger partial charge on any atom is 0.119 e. The second kappa shape index (κ2) is 9.06. The zero-order valence-corrected chi connectivity index (χ0v) is 13.6. The summed E-state index contributed by atoms with van der Waals surface area (Å²) < 4.78 is 5.67. The second-order valence-electron chi connectivity index (χ2n) is 6.21. The maximum absolute atomic E-state index is 5.67. The van der Waals surface area contributed by atoms with Gasteiger partial charge in [-0.15, -0.1) is 0 Å². The zero-order valence-electron chi connectivity index (χ0n) is 13.6. The number of nitrogens with one attached hydrogen (secondary N) is 1. The molecule has 3 heteroatoms. The number of hydrogen-bond donors (Lipinski definition) is 1. The lowest BCUT2D eigenvalue weighted by Crippen LogP contribution is -2.31. The van der Waals surface area contributed by atoms with Gasteiger partial charge in [0.1, 0.15) is 5.75 Å². The summed E-state index contributed by atoms with van der Waals surface area (Å²) in [6, 6.07) is 8.44. The highest BCUT2D eigenvalue weighted by Gasteiger charge is 2.15. The fourth-order valence-corrected chi connectivity index (χ4v) is 2.85. The predicted octanol–water partition coefficient (Wildman–Crippen LogP) is 3.30. The molecule has 0 amide bonds. The monoisotopic (exact) mass is 290 g/mol. The Morgan fingerprint density at radius 1 is 1.29 bits per heavy atom. The molecule has 0 aromatic heterocycles. The summed E-state index contributed by atoms with van der Waals surface area (Å²) in [5, 5.41) is 3.57. The third-order valence-corrected chi connectivity index (χ3v) is 4.27. The molecule has 1 aromatic rings. The molecule has 3 nitrogen and oxygen atoms in total. The molecule has 1 fully saturated rings. The van der Waals surface area contributed by atoms with Gasteiger partial charge in [0.15, 0.2) is 0 Å². The van der Waals surface area contributed by atoms with E-state index in [-0.39, 0.29) is 0 Å². The average Bonchev–Trinajstić information content (AvgIpc) is 2.52. The van der Waals surface area contributed by atoms with E-state index in [1.807, 2.05) is 6.07 Å². The van der Waals surface area contributed by atoms with Crippen molar-refractivity contribution in [1.82, 2.24) is 10.2 Å². The minimum absolute atomic E-state index is 0.799. The first-order valence-corrected chi connectivity index (χ1v) is 8.39. The topological polar surface area (TPSA) is 24.5 Å². The Bertz CT molecular complexity index is 400. The Morgan fingerprint density at radius 2 is 2.10 bits per heavy atom. The molecule has 1 aliphatic heterocycles. The molecular formula is C18H30N2O. The molecule has 0 unspecified atom stereocenters. The fourth-order valence-electron chi connectivity index (χ4n) is 2.85. The number of piperidine rings is 1. The fraction of sp³-hybridized carbons (Fsp3) is 0.667. The van der Waals surface area contributed by atoms with Gasteiger partial charge in [-0.2, -0.15) is 0 Å². The summed E-state index contributed by atoms with van der Waals surface area (Å²) in [7, 11) is 2.22. The quantitative estimate of drug-likeness (QED) is 0.744. The molecule has 0 aliphatic carbocycles. The van der Waals surface area contributed by atoms with Gasteiger partial charge in [-0.1, -0.05) is 19.1 Å². The molecule has 2 rings (SSSR count). The van der Waals surface area contributed by atoms with Crippen molar-refractivity contribution in [2.45, 2.75) is 39.2 Å². The lowest BCUT2D eigenvalue weighted by Gasteiger charge is -2.28. The molecule has 1 heterocycles. The van der Waals surface area contributed by atoms with Crippen LogP contribution in [0.1, 0.15) is 38.2 Å². The van der Waals surface area contributed by atoms with Gasteiger partial charge < -0.3 is 15.0 Å². The summed E-state index contributed by atoms with van der Waals surface area (Å²) in [6.45, 7) is 7.52. The second-order valence-corrected chi connectivity index (χ2v) is 6.21. The Balaban J connectivity index is 1.64. The van der Waals surface area contributed by atoms with Crippen LogP contribution < -0.4 is 10.1 Å². The number of ether oxygens (including phenoxy) is 1. The van der Waals surface area contributed by atoms with E-state index in [2.05, 4.69) is 42.4 Å². The third-order valence-electron chi connectivity index (χ3n) is 4.27. The number of likely N-dealkylation sites (tertiary alicyclic amines) is 1. The maximum atomic E-state index is 5.67. The SMILES string of the molecule is CCCOc1cccc(CNCCC2CCN(C)CC2)c1. The van der Waals surface area contributed by atoms with Gasteiger partial charge in [0.05, 0.1) is 6.61 Å².